The van der Waals surface area contributed by atoms with Crippen molar-refractivity contribution < 1.29 is 23.6 Å². The first kappa shape index (κ1) is 21.8. The molecular formula is C17H34FN2O3+. The molecule has 1 amide bonds. The molecule has 2 N–H and O–H groups in total. The lowest BCUT2D eigenvalue weighted by Gasteiger charge is -2.27. The van der Waals surface area contributed by atoms with Gasteiger partial charge >= 0.3 is 5.97 Å². The van der Waals surface area contributed by atoms with E-state index in [1.165, 1.54) is 12.8 Å². The van der Waals surface area contributed by atoms with Crippen LogP contribution < -0.4 is 5.32 Å². The molecule has 0 aromatic carbocycles. The first-order valence-corrected chi connectivity index (χ1v) is 8.71. The highest BCUT2D eigenvalue weighted by Crippen LogP contribution is 2.11. The van der Waals surface area contributed by atoms with Crippen molar-refractivity contribution in [3.63, 3.8) is 0 Å². The van der Waals surface area contributed by atoms with Crippen LogP contribution in [0.1, 0.15) is 58.3 Å². The third kappa shape index (κ3) is 14.2. The number of carbonyl (C=O) groups excluding carboxylic acids is 1. The van der Waals surface area contributed by atoms with Gasteiger partial charge in [-0.2, -0.15) is 0 Å². The predicted molar refractivity (Wildman–Crippen MR) is 90.0 cm³/mol. The minimum Gasteiger partial charge on any atom is -0.477 e. The fourth-order valence-corrected chi connectivity index (χ4v) is 2.52. The molecule has 0 radical (unpaired) electrons. The number of likely N-dealkylation sites (N-methyl/N-ethyl adjacent to an activating group) is 1. The van der Waals surface area contributed by atoms with E-state index < -0.39 is 12.1 Å². The number of unbranched alkanes of at least 4 members (excludes halogenated alkanes) is 4. The summed E-state index contributed by atoms with van der Waals surface area (Å²) in [5, 5.41) is 11.5. The molecule has 0 spiro atoms. The topological polar surface area (TPSA) is 66.4 Å². The first-order chi connectivity index (χ1) is 10.8. The lowest BCUT2D eigenvalue weighted by Crippen LogP contribution is -2.45. The zero-order valence-electron chi connectivity index (χ0n) is 14.9. The summed E-state index contributed by atoms with van der Waals surface area (Å²) in [4.78, 5) is 22.3. The van der Waals surface area contributed by atoms with Gasteiger partial charge in [0.15, 0.2) is 6.54 Å². The quantitative estimate of drug-likeness (QED) is 0.379. The maximum absolute atomic E-state index is 13.7. The molecule has 0 aliphatic carbocycles. The van der Waals surface area contributed by atoms with Crippen molar-refractivity contribution in [3.8, 4) is 0 Å². The maximum Gasteiger partial charge on any atom is 0.359 e. The van der Waals surface area contributed by atoms with Crippen LogP contribution in [-0.4, -0.2) is 61.4 Å². The minimum absolute atomic E-state index is 0.0541. The third-order valence-corrected chi connectivity index (χ3v) is 3.85. The number of nitrogens with one attached hydrogen (secondary N) is 1. The van der Waals surface area contributed by atoms with Crippen LogP contribution in [0.4, 0.5) is 4.39 Å². The summed E-state index contributed by atoms with van der Waals surface area (Å²) >= 11 is 0. The van der Waals surface area contributed by atoms with E-state index in [4.69, 9.17) is 5.11 Å². The third-order valence-electron chi connectivity index (χ3n) is 3.85. The monoisotopic (exact) mass is 333 g/mol. The van der Waals surface area contributed by atoms with Gasteiger partial charge in [0, 0.05) is 13.0 Å². The average Bonchev–Trinajstić information content (AvgIpc) is 2.42. The van der Waals surface area contributed by atoms with Crippen LogP contribution in [0.5, 0.6) is 0 Å². The number of hydrogen-bond donors (Lipinski definition) is 2. The fraction of sp³-hybridized carbons (Fsp3) is 0.882. The van der Waals surface area contributed by atoms with Gasteiger partial charge in [0.25, 0.3) is 0 Å². The van der Waals surface area contributed by atoms with E-state index in [-0.39, 0.29) is 18.9 Å². The van der Waals surface area contributed by atoms with E-state index in [0.717, 1.165) is 19.3 Å². The summed E-state index contributed by atoms with van der Waals surface area (Å²) in [7, 11) is 3.68. The molecule has 0 saturated heterocycles. The molecule has 0 aromatic rings. The van der Waals surface area contributed by atoms with Crippen LogP contribution in [0.15, 0.2) is 0 Å². The number of hydrogen-bond acceptors (Lipinski definition) is 2. The Hall–Kier alpha value is -1.17. The van der Waals surface area contributed by atoms with Crippen molar-refractivity contribution in [1.82, 2.24) is 5.32 Å². The van der Waals surface area contributed by atoms with E-state index >= 15 is 0 Å². The van der Waals surface area contributed by atoms with Crippen LogP contribution in [-0.2, 0) is 9.59 Å². The van der Waals surface area contributed by atoms with Gasteiger partial charge in [0.2, 0.25) is 5.91 Å². The second-order valence-electron chi connectivity index (χ2n) is 6.92. The van der Waals surface area contributed by atoms with Crippen LogP contribution in [0.25, 0.3) is 0 Å². The number of nitrogens with zero attached hydrogens (tertiary/aromatic N) is 1. The van der Waals surface area contributed by atoms with Crippen molar-refractivity contribution in [3.05, 3.63) is 0 Å². The number of amides is 1. The molecule has 0 rings (SSSR count). The number of carbonyl (C=O) groups is 2. The Morgan fingerprint density at radius 1 is 1.13 bits per heavy atom. The normalized spacial score (nSPS) is 12.9. The Bertz CT molecular complexity index is 349. The van der Waals surface area contributed by atoms with Gasteiger partial charge in [-0.3, -0.25) is 4.79 Å². The molecule has 5 nitrogen and oxygen atoms in total. The van der Waals surface area contributed by atoms with E-state index in [2.05, 4.69) is 12.2 Å². The Morgan fingerprint density at radius 3 is 2.39 bits per heavy atom. The maximum atomic E-state index is 13.7. The van der Waals surface area contributed by atoms with E-state index in [0.29, 0.717) is 30.4 Å². The smallest absolute Gasteiger partial charge is 0.359 e. The predicted octanol–water partition coefficient (Wildman–Crippen LogP) is 2.74. The Kier molecular flexibility index (Phi) is 11.7. The Morgan fingerprint density at radius 2 is 1.78 bits per heavy atom. The molecule has 0 aromatic heterocycles. The van der Waals surface area contributed by atoms with Crippen molar-refractivity contribution in [2.24, 2.45) is 0 Å². The van der Waals surface area contributed by atoms with E-state index in [1.54, 1.807) is 0 Å². The minimum atomic E-state index is -1.06. The van der Waals surface area contributed by atoms with Crippen molar-refractivity contribution in [2.75, 3.05) is 33.7 Å². The molecule has 1 unspecified atom stereocenters. The van der Waals surface area contributed by atoms with E-state index in [9.17, 15) is 14.0 Å². The highest BCUT2D eigenvalue weighted by Gasteiger charge is 2.19. The highest BCUT2D eigenvalue weighted by atomic mass is 19.1. The zero-order valence-corrected chi connectivity index (χ0v) is 14.9. The number of alkyl halides is 1. The summed E-state index contributed by atoms with van der Waals surface area (Å²) in [6.45, 7) is 3.31. The number of carboxylic acids is 1. The lowest BCUT2D eigenvalue weighted by molar-refractivity contribution is -0.883. The lowest BCUT2D eigenvalue weighted by atomic mass is 10.1. The van der Waals surface area contributed by atoms with Crippen molar-refractivity contribution >= 4 is 11.9 Å². The molecule has 0 saturated carbocycles. The number of halogens is 1. The first-order valence-electron chi connectivity index (χ1n) is 8.71. The second-order valence-corrected chi connectivity index (χ2v) is 6.92. The van der Waals surface area contributed by atoms with Gasteiger partial charge in [0.1, 0.15) is 6.17 Å². The summed E-state index contributed by atoms with van der Waals surface area (Å²) in [6, 6.07) is 0. The molecule has 0 aliphatic rings. The van der Waals surface area contributed by atoms with Gasteiger partial charge < -0.3 is 14.9 Å². The largest absolute Gasteiger partial charge is 0.477 e. The number of quaternary nitrogens is 1. The molecule has 1 atom stereocenters. The molecule has 23 heavy (non-hydrogen) atoms. The van der Waals surface area contributed by atoms with Gasteiger partial charge in [-0.25, -0.2) is 9.18 Å². The van der Waals surface area contributed by atoms with Crippen LogP contribution in [0, 0.1) is 0 Å². The van der Waals surface area contributed by atoms with Crippen LogP contribution >= 0.6 is 0 Å². The summed E-state index contributed by atoms with van der Waals surface area (Å²) in [6.07, 6.45) is 5.39. The van der Waals surface area contributed by atoms with Gasteiger partial charge in [-0.1, -0.05) is 39.0 Å². The Balaban J connectivity index is 3.68. The van der Waals surface area contributed by atoms with Crippen LogP contribution in [0.3, 0.4) is 0 Å². The standard InChI is InChI=1S/C17H33FN2O3/c1-4-5-6-7-8-10-15(18)13-16(21)19-11-9-12-20(2,3)14-17(22)23/h15H,4-14H2,1-3H3,(H-,19,21,22,23)/p+1. The summed E-state index contributed by atoms with van der Waals surface area (Å²) < 4.78 is 14.0. The van der Waals surface area contributed by atoms with Crippen molar-refractivity contribution in [1.29, 1.82) is 0 Å². The van der Waals surface area contributed by atoms with Gasteiger partial charge in [-0.15, -0.1) is 0 Å². The summed E-state index contributed by atoms with van der Waals surface area (Å²) in [5.74, 6) is -1.09. The SMILES string of the molecule is CCCCCCCC(F)CC(=O)NCCC[N+](C)(C)CC(=O)O. The molecular weight excluding hydrogens is 299 g/mol. The average molecular weight is 333 g/mol. The van der Waals surface area contributed by atoms with E-state index in [1.807, 2.05) is 14.1 Å². The molecule has 0 bridgehead atoms. The number of carboxylic acid groups (broad SMARTS) is 1. The zero-order chi connectivity index (χ0) is 17.7. The van der Waals surface area contributed by atoms with Crippen molar-refractivity contribution in [2.45, 2.75) is 64.5 Å². The molecule has 0 fully saturated rings. The summed E-state index contributed by atoms with van der Waals surface area (Å²) in [5.41, 5.74) is 0. The fourth-order valence-electron chi connectivity index (χ4n) is 2.52. The van der Waals surface area contributed by atoms with Crippen LogP contribution in [0.2, 0.25) is 0 Å². The molecule has 0 aliphatic heterocycles. The molecule has 0 heterocycles. The van der Waals surface area contributed by atoms with Gasteiger partial charge in [-0.05, 0) is 6.42 Å². The molecule has 6 heteroatoms. The Labute approximate surface area is 139 Å². The number of aliphatic carboxylic acids is 1. The number of rotatable bonds is 14. The highest BCUT2D eigenvalue weighted by molar-refractivity contribution is 5.76. The second kappa shape index (κ2) is 12.3. The molecule has 136 valence electrons. The van der Waals surface area contributed by atoms with Gasteiger partial charge in [0.05, 0.1) is 27.1 Å².